The van der Waals surface area contributed by atoms with Crippen molar-refractivity contribution < 1.29 is 14.6 Å². The van der Waals surface area contributed by atoms with Crippen LogP contribution in [0.5, 0.6) is 17.2 Å². The van der Waals surface area contributed by atoms with Crippen molar-refractivity contribution in [2.45, 2.75) is 25.7 Å². The second-order valence-electron chi connectivity index (χ2n) is 5.81. The van der Waals surface area contributed by atoms with E-state index in [4.69, 9.17) is 15.2 Å². The molecule has 0 saturated carbocycles. The molecule has 2 aromatic rings. The van der Waals surface area contributed by atoms with Crippen LogP contribution in [0.2, 0.25) is 0 Å². The van der Waals surface area contributed by atoms with Crippen LogP contribution in [0.25, 0.3) is 11.1 Å². The Morgan fingerprint density at radius 1 is 1.14 bits per heavy atom. The number of hydrogen-bond donors (Lipinski definition) is 2. The molecule has 0 spiro atoms. The Bertz CT molecular complexity index is 715. The molecule has 3 heterocycles. The lowest BCUT2D eigenvalue weighted by Crippen LogP contribution is -2.16. The van der Waals surface area contributed by atoms with Crippen LogP contribution in [-0.4, -0.2) is 28.1 Å². The number of benzene rings is 1. The predicted molar refractivity (Wildman–Crippen MR) is 82.4 cm³/mol. The van der Waals surface area contributed by atoms with E-state index in [9.17, 15) is 5.11 Å². The van der Waals surface area contributed by atoms with Crippen molar-refractivity contribution in [1.82, 2.24) is 9.78 Å². The van der Waals surface area contributed by atoms with Gasteiger partial charge in [0.2, 0.25) is 0 Å². The van der Waals surface area contributed by atoms with Crippen LogP contribution in [0.4, 0.5) is 5.82 Å². The molecule has 2 aliphatic heterocycles. The minimum absolute atomic E-state index is 0.232. The Kier molecular flexibility index (Phi) is 2.92. The molecule has 2 aliphatic rings. The molecule has 0 amide bonds. The summed E-state index contributed by atoms with van der Waals surface area (Å²) >= 11 is 0. The van der Waals surface area contributed by atoms with E-state index >= 15 is 0 Å². The Balaban J connectivity index is 2.05. The molecule has 0 bridgehead atoms. The first kappa shape index (κ1) is 13.3. The van der Waals surface area contributed by atoms with Crippen LogP contribution < -0.4 is 15.2 Å². The minimum atomic E-state index is 0.232. The molecular weight excluding hydrogens is 282 g/mol. The average molecular weight is 301 g/mol. The van der Waals surface area contributed by atoms with Gasteiger partial charge in [0.1, 0.15) is 11.6 Å². The number of phenols is 1. The van der Waals surface area contributed by atoms with Crippen molar-refractivity contribution in [3.05, 3.63) is 17.3 Å². The number of nitrogens with two attached hydrogens (primary N) is 1. The van der Waals surface area contributed by atoms with Gasteiger partial charge in [0.15, 0.2) is 11.5 Å². The number of nitrogen functional groups attached to an aromatic ring is 1. The number of rotatable bonds is 1. The van der Waals surface area contributed by atoms with Gasteiger partial charge in [-0.2, -0.15) is 5.10 Å². The maximum atomic E-state index is 10.6. The fourth-order valence-corrected chi connectivity index (χ4v) is 3.35. The number of ether oxygens (including phenoxy) is 2. The van der Waals surface area contributed by atoms with Crippen molar-refractivity contribution in [3.63, 3.8) is 0 Å². The van der Waals surface area contributed by atoms with E-state index < -0.39 is 0 Å². The number of fused-ring (bicyclic) bond motifs is 2. The van der Waals surface area contributed by atoms with E-state index in [0.29, 0.717) is 24.8 Å². The number of aromatic nitrogens is 2. The average Bonchev–Trinajstić information content (AvgIpc) is 2.88. The molecule has 3 N–H and O–H groups in total. The monoisotopic (exact) mass is 301 g/mol. The second kappa shape index (κ2) is 4.83. The van der Waals surface area contributed by atoms with Gasteiger partial charge in [-0.15, -0.1) is 0 Å². The van der Waals surface area contributed by atoms with E-state index in [2.05, 4.69) is 5.10 Å². The van der Waals surface area contributed by atoms with Gasteiger partial charge in [-0.1, -0.05) is 0 Å². The molecular formula is C16H19N3O3. The molecule has 0 radical (unpaired) electrons. The zero-order valence-corrected chi connectivity index (χ0v) is 12.6. The number of nitrogens with zero attached hydrogens (tertiary/aromatic N) is 2. The minimum Gasteiger partial charge on any atom is -0.504 e. The lowest BCUT2D eigenvalue weighted by molar-refractivity contribution is 0.258. The predicted octanol–water partition coefficient (Wildman–Crippen LogP) is 2.02. The quantitative estimate of drug-likeness (QED) is 0.842. The van der Waals surface area contributed by atoms with Crippen LogP contribution >= 0.6 is 0 Å². The van der Waals surface area contributed by atoms with Crippen LogP contribution in [0.3, 0.4) is 0 Å². The van der Waals surface area contributed by atoms with Crippen LogP contribution in [0.1, 0.15) is 24.0 Å². The molecule has 116 valence electrons. The van der Waals surface area contributed by atoms with Gasteiger partial charge in [-0.25, -0.2) is 0 Å². The van der Waals surface area contributed by atoms with E-state index in [1.807, 2.05) is 7.05 Å². The zero-order valence-electron chi connectivity index (χ0n) is 12.6. The maximum absolute atomic E-state index is 10.6. The number of anilines is 1. The molecule has 22 heavy (non-hydrogen) atoms. The lowest BCUT2D eigenvalue weighted by Gasteiger charge is -2.28. The highest BCUT2D eigenvalue weighted by Gasteiger charge is 2.31. The fraction of sp³-hybridized carbons (Fsp3) is 0.438. The molecule has 0 atom stereocenters. The summed E-state index contributed by atoms with van der Waals surface area (Å²) in [5.41, 5.74) is 9.77. The number of aryl methyl sites for hydroxylation is 1. The van der Waals surface area contributed by atoms with Gasteiger partial charge in [0.05, 0.1) is 19.4 Å². The fourth-order valence-electron chi connectivity index (χ4n) is 3.35. The largest absolute Gasteiger partial charge is 0.504 e. The Hall–Kier alpha value is -2.37. The van der Waals surface area contributed by atoms with Gasteiger partial charge >= 0.3 is 0 Å². The summed E-state index contributed by atoms with van der Waals surface area (Å²) in [7, 11) is 1.81. The van der Waals surface area contributed by atoms with Crippen LogP contribution in [0, 0.1) is 0 Å². The Morgan fingerprint density at radius 3 is 2.50 bits per heavy atom. The SMILES string of the molecule is Cn1ncc(-c2c3c(c(O)c4c2OCCC4)OCCC3)c1N. The number of hydrogen-bond acceptors (Lipinski definition) is 5. The molecule has 6 nitrogen and oxygen atoms in total. The smallest absolute Gasteiger partial charge is 0.165 e. The Morgan fingerprint density at radius 2 is 1.82 bits per heavy atom. The summed E-state index contributed by atoms with van der Waals surface area (Å²) in [5.74, 6) is 2.16. The highest BCUT2D eigenvalue weighted by atomic mass is 16.5. The van der Waals surface area contributed by atoms with Gasteiger partial charge in [0.25, 0.3) is 0 Å². The van der Waals surface area contributed by atoms with Crippen LogP contribution in [-0.2, 0) is 19.9 Å². The molecule has 0 saturated heterocycles. The van der Waals surface area contributed by atoms with E-state index in [1.165, 1.54) is 0 Å². The van der Waals surface area contributed by atoms with Gasteiger partial charge in [0, 0.05) is 29.3 Å². The molecule has 1 aromatic heterocycles. The standard InChI is InChI=1S/C16H19N3O3/c1-19-16(17)11(8-18-19)12-9-4-2-7-22-15(9)13(20)10-5-3-6-21-14(10)12/h8,20H,2-7,17H2,1H3. The topological polar surface area (TPSA) is 82.5 Å². The highest BCUT2D eigenvalue weighted by Crippen LogP contribution is 2.52. The molecule has 4 rings (SSSR count). The summed E-state index contributed by atoms with van der Waals surface area (Å²) < 4.78 is 13.3. The lowest BCUT2D eigenvalue weighted by atomic mass is 9.89. The first-order chi connectivity index (χ1) is 10.7. The highest BCUT2D eigenvalue weighted by molar-refractivity contribution is 5.86. The van der Waals surface area contributed by atoms with Gasteiger partial charge < -0.3 is 20.3 Å². The third-order valence-electron chi connectivity index (χ3n) is 4.47. The molecule has 1 aromatic carbocycles. The number of aromatic hydroxyl groups is 1. The summed E-state index contributed by atoms with van der Waals surface area (Å²) in [6.45, 7) is 1.28. The number of phenolic OH excluding ortho intramolecular Hbond substituents is 1. The van der Waals surface area contributed by atoms with Crippen LogP contribution in [0.15, 0.2) is 6.20 Å². The van der Waals surface area contributed by atoms with Crippen molar-refractivity contribution in [3.8, 4) is 28.4 Å². The Labute approximate surface area is 128 Å². The van der Waals surface area contributed by atoms with Gasteiger partial charge in [-0.3, -0.25) is 4.68 Å². The summed E-state index contributed by atoms with van der Waals surface area (Å²) in [6, 6.07) is 0. The molecule has 6 heteroatoms. The van der Waals surface area contributed by atoms with Crippen molar-refractivity contribution >= 4 is 5.82 Å². The summed E-state index contributed by atoms with van der Waals surface area (Å²) in [5, 5.41) is 14.8. The van der Waals surface area contributed by atoms with E-state index in [0.717, 1.165) is 53.7 Å². The van der Waals surface area contributed by atoms with Crippen molar-refractivity contribution in [2.24, 2.45) is 7.05 Å². The van der Waals surface area contributed by atoms with Crippen molar-refractivity contribution in [2.75, 3.05) is 18.9 Å². The maximum Gasteiger partial charge on any atom is 0.165 e. The summed E-state index contributed by atoms with van der Waals surface area (Å²) in [4.78, 5) is 0. The molecule has 0 aliphatic carbocycles. The van der Waals surface area contributed by atoms with Crippen molar-refractivity contribution in [1.29, 1.82) is 0 Å². The summed E-state index contributed by atoms with van der Waals surface area (Å²) in [6.07, 6.45) is 5.18. The second-order valence-corrected chi connectivity index (χ2v) is 5.81. The first-order valence-corrected chi connectivity index (χ1v) is 7.62. The molecule has 0 fully saturated rings. The van der Waals surface area contributed by atoms with E-state index in [-0.39, 0.29) is 5.75 Å². The molecule has 0 unspecified atom stereocenters. The first-order valence-electron chi connectivity index (χ1n) is 7.62. The van der Waals surface area contributed by atoms with E-state index in [1.54, 1.807) is 10.9 Å². The zero-order chi connectivity index (χ0) is 15.3. The normalized spacial score (nSPS) is 16.4. The third kappa shape index (κ3) is 1.76. The van der Waals surface area contributed by atoms with Gasteiger partial charge in [-0.05, 0) is 25.7 Å². The third-order valence-corrected chi connectivity index (χ3v) is 4.47.